The zero-order chi connectivity index (χ0) is 13.9. The fourth-order valence-electron chi connectivity index (χ4n) is 1.60. The van der Waals surface area contributed by atoms with E-state index in [0.717, 1.165) is 12.8 Å². The molecule has 0 bridgehead atoms. The van der Waals surface area contributed by atoms with Crippen LogP contribution in [0.5, 0.6) is 0 Å². The number of carbonyl (C=O) groups is 2. The minimum absolute atomic E-state index is 0.0308. The number of amides is 1. The predicted molar refractivity (Wildman–Crippen MR) is 76.4 cm³/mol. The number of esters is 1. The van der Waals surface area contributed by atoms with Gasteiger partial charge >= 0.3 is 5.97 Å². The maximum Gasteiger partial charge on any atom is 0.348 e. The molecule has 0 unspecified atom stereocenters. The van der Waals surface area contributed by atoms with E-state index in [4.69, 9.17) is 4.74 Å². The van der Waals surface area contributed by atoms with Gasteiger partial charge in [-0.25, -0.2) is 4.79 Å². The molecule has 1 aromatic heterocycles. The Bertz CT molecular complexity index is 376. The predicted octanol–water partition coefficient (Wildman–Crippen LogP) is 2.99. The third-order valence-electron chi connectivity index (χ3n) is 2.64. The van der Waals surface area contributed by atoms with Crippen LogP contribution in [0.15, 0.2) is 17.5 Å². The van der Waals surface area contributed by atoms with Gasteiger partial charge in [-0.2, -0.15) is 0 Å². The maximum atomic E-state index is 11.5. The fraction of sp³-hybridized carbons (Fsp3) is 0.571. The van der Waals surface area contributed by atoms with Crippen molar-refractivity contribution in [3.8, 4) is 0 Å². The number of rotatable bonds is 9. The molecule has 0 atom stereocenters. The lowest BCUT2D eigenvalue weighted by Gasteiger charge is -2.06. The summed E-state index contributed by atoms with van der Waals surface area (Å²) in [7, 11) is 0. The normalized spacial score (nSPS) is 10.2. The lowest BCUT2D eigenvalue weighted by atomic mass is 10.1. The summed E-state index contributed by atoms with van der Waals surface area (Å²) >= 11 is 1.35. The Labute approximate surface area is 118 Å². The Balaban J connectivity index is 2.01. The topological polar surface area (TPSA) is 55.4 Å². The van der Waals surface area contributed by atoms with Crippen LogP contribution in [0.1, 0.15) is 48.7 Å². The van der Waals surface area contributed by atoms with Gasteiger partial charge in [0.1, 0.15) is 11.5 Å². The minimum Gasteiger partial charge on any atom is -0.460 e. The summed E-state index contributed by atoms with van der Waals surface area (Å²) in [6.45, 7) is 2.74. The molecular weight excluding hydrogens is 262 g/mol. The Kier molecular flexibility index (Phi) is 7.89. The van der Waals surface area contributed by atoms with E-state index in [1.165, 1.54) is 24.2 Å². The highest BCUT2D eigenvalue weighted by molar-refractivity contribution is 7.11. The van der Waals surface area contributed by atoms with E-state index in [-0.39, 0.29) is 18.5 Å². The molecule has 19 heavy (non-hydrogen) atoms. The van der Waals surface area contributed by atoms with Crippen LogP contribution in [0, 0.1) is 0 Å². The number of hydrogen-bond acceptors (Lipinski definition) is 4. The lowest BCUT2D eigenvalue weighted by Crippen LogP contribution is -2.27. The smallest absolute Gasteiger partial charge is 0.348 e. The van der Waals surface area contributed by atoms with Crippen LogP contribution >= 0.6 is 11.3 Å². The van der Waals surface area contributed by atoms with Crippen LogP contribution in [0.4, 0.5) is 0 Å². The van der Waals surface area contributed by atoms with E-state index < -0.39 is 0 Å². The second-order valence-corrected chi connectivity index (χ2v) is 5.22. The molecule has 0 saturated carbocycles. The molecule has 0 aliphatic carbocycles. The summed E-state index contributed by atoms with van der Waals surface area (Å²) in [5.74, 6) is -0.296. The SMILES string of the molecule is CCCCCCC(=O)NCCOC(=O)c1cccs1. The Morgan fingerprint density at radius 1 is 1.32 bits per heavy atom. The molecule has 0 aliphatic rings. The second-order valence-electron chi connectivity index (χ2n) is 4.27. The highest BCUT2D eigenvalue weighted by Gasteiger charge is 2.07. The lowest BCUT2D eigenvalue weighted by molar-refractivity contribution is -0.121. The van der Waals surface area contributed by atoms with E-state index in [9.17, 15) is 9.59 Å². The Morgan fingerprint density at radius 2 is 2.16 bits per heavy atom. The van der Waals surface area contributed by atoms with E-state index in [2.05, 4.69) is 12.2 Å². The Hall–Kier alpha value is -1.36. The van der Waals surface area contributed by atoms with Crippen molar-refractivity contribution in [3.63, 3.8) is 0 Å². The molecule has 1 amide bonds. The van der Waals surface area contributed by atoms with Gasteiger partial charge in [-0.05, 0) is 17.9 Å². The number of thiophene rings is 1. The number of nitrogens with one attached hydrogen (secondary N) is 1. The highest BCUT2D eigenvalue weighted by Crippen LogP contribution is 2.09. The number of ether oxygens (including phenoxy) is 1. The van der Waals surface area contributed by atoms with Crippen molar-refractivity contribution in [2.75, 3.05) is 13.2 Å². The monoisotopic (exact) mass is 283 g/mol. The number of hydrogen-bond donors (Lipinski definition) is 1. The van der Waals surface area contributed by atoms with Gasteiger partial charge in [0.05, 0.1) is 6.54 Å². The highest BCUT2D eigenvalue weighted by atomic mass is 32.1. The summed E-state index contributed by atoms with van der Waals surface area (Å²) in [6, 6.07) is 3.53. The molecule has 0 spiro atoms. The molecule has 4 nitrogen and oxygen atoms in total. The Morgan fingerprint density at radius 3 is 2.84 bits per heavy atom. The molecule has 0 fully saturated rings. The first kappa shape index (κ1) is 15.7. The maximum absolute atomic E-state index is 11.5. The first-order valence-electron chi connectivity index (χ1n) is 6.71. The van der Waals surface area contributed by atoms with Gasteiger partial charge in [0, 0.05) is 6.42 Å². The van der Waals surface area contributed by atoms with Crippen LogP contribution in [0.2, 0.25) is 0 Å². The van der Waals surface area contributed by atoms with Crippen LogP contribution in [-0.4, -0.2) is 25.0 Å². The van der Waals surface area contributed by atoms with Crippen LogP contribution in [0.3, 0.4) is 0 Å². The van der Waals surface area contributed by atoms with Crippen molar-refractivity contribution >= 4 is 23.2 Å². The quantitative estimate of drug-likeness (QED) is 0.560. The molecule has 0 saturated heterocycles. The van der Waals surface area contributed by atoms with Crippen molar-refractivity contribution in [3.05, 3.63) is 22.4 Å². The zero-order valence-corrected chi connectivity index (χ0v) is 12.1. The molecule has 1 heterocycles. The van der Waals surface area contributed by atoms with Crippen LogP contribution < -0.4 is 5.32 Å². The molecular formula is C14H21NO3S. The third kappa shape index (κ3) is 6.96. The number of unbranched alkanes of at least 4 members (excludes halogenated alkanes) is 3. The van der Waals surface area contributed by atoms with Crippen molar-refractivity contribution in [1.29, 1.82) is 0 Å². The molecule has 1 N–H and O–H groups in total. The van der Waals surface area contributed by atoms with E-state index in [0.29, 0.717) is 17.8 Å². The van der Waals surface area contributed by atoms with Crippen molar-refractivity contribution in [2.45, 2.75) is 39.0 Å². The average molecular weight is 283 g/mol. The first-order valence-corrected chi connectivity index (χ1v) is 7.59. The molecule has 1 rings (SSSR count). The molecule has 1 aromatic rings. The average Bonchev–Trinajstić information content (AvgIpc) is 2.93. The molecule has 5 heteroatoms. The third-order valence-corrected chi connectivity index (χ3v) is 3.49. The van der Waals surface area contributed by atoms with Gasteiger partial charge < -0.3 is 10.1 Å². The van der Waals surface area contributed by atoms with E-state index >= 15 is 0 Å². The van der Waals surface area contributed by atoms with Crippen molar-refractivity contribution < 1.29 is 14.3 Å². The van der Waals surface area contributed by atoms with Gasteiger partial charge in [-0.1, -0.05) is 32.3 Å². The van der Waals surface area contributed by atoms with Gasteiger partial charge in [-0.15, -0.1) is 11.3 Å². The second kappa shape index (κ2) is 9.55. The molecule has 0 radical (unpaired) electrons. The van der Waals surface area contributed by atoms with E-state index in [1.54, 1.807) is 12.1 Å². The summed E-state index contributed by atoms with van der Waals surface area (Å²) < 4.78 is 5.04. The minimum atomic E-state index is -0.327. The standard InChI is InChI=1S/C14H21NO3S/c1-2-3-4-5-8-13(16)15-9-10-18-14(17)12-7-6-11-19-12/h6-7,11H,2-5,8-10H2,1H3,(H,15,16). The summed E-state index contributed by atoms with van der Waals surface area (Å²) in [5.41, 5.74) is 0. The largest absolute Gasteiger partial charge is 0.460 e. The van der Waals surface area contributed by atoms with Gasteiger partial charge in [0.15, 0.2) is 0 Å². The fourth-order valence-corrected chi connectivity index (χ4v) is 2.22. The molecule has 0 aliphatic heterocycles. The molecule has 0 aromatic carbocycles. The summed E-state index contributed by atoms with van der Waals surface area (Å²) in [5, 5.41) is 4.58. The van der Waals surface area contributed by atoms with E-state index in [1.807, 2.05) is 5.38 Å². The van der Waals surface area contributed by atoms with Crippen LogP contribution in [0.25, 0.3) is 0 Å². The first-order chi connectivity index (χ1) is 9.24. The van der Waals surface area contributed by atoms with Crippen molar-refractivity contribution in [1.82, 2.24) is 5.32 Å². The summed E-state index contributed by atoms with van der Waals surface area (Å²) in [6.07, 6.45) is 4.91. The van der Waals surface area contributed by atoms with Gasteiger partial charge in [-0.3, -0.25) is 4.79 Å². The molecule has 106 valence electrons. The van der Waals surface area contributed by atoms with Crippen LogP contribution in [-0.2, 0) is 9.53 Å². The zero-order valence-electron chi connectivity index (χ0n) is 11.3. The van der Waals surface area contributed by atoms with Gasteiger partial charge in [0.25, 0.3) is 0 Å². The van der Waals surface area contributed by atoms with Gasteiger partial charge in [0.2, 0.25) is 5.91 Å². The number of carbonyl (C=O) groups excluding carboxylic acids is 2. The summed E-state index contributed by atoms with van der Waals surface area (Å²) in [4.78, 5) is 23.5. The van der Waals surface area contributed by atoms with Crippen molar-refractivity contribution in [2.24, 2.45) is 0 Å².